The molecule has 10 heteroatoms. The summed E-state index contributed by atoms with van der Waals surface area (Å²) in [5, 5.41) is 14.1. The highest BCUT2D eigenvalue weighted by atomic mass is 32.2. The second-order valence-electron chi connectivity index (χ2n) is 4.91. The average Bonchev–Trinajstić information content (AvgIpc) is 2.68. The molecule has 0 saturated heterocycles. The van der Waals surface area contributed by atoms with Gasteiger partial charge in [0.2, 0.25) is 0 Å². The fourth-order valence-corrected chi connectivity index (χ4v) is 2.76. The first-order chi connectivity index (χ1) is 12.9. The summed E-state index contributed by atoms with van der Waals surface area (Å²) in [6.45, 7) is 0. The summed E-state index contributed by atoms with van der Waals surface area (Å²) in [5.41, 5.74) is 0.333. The zero-order valence-electron chi connectivity index (χ0n) is 14.4. The van der Waals surface area contributed by atoms with Crippen molar-refractivity contribution in [3.05, 3.63) is 64.5 Å². The maximum Gasteiger partial charge on any atom is 0.354 e. The number of hydrogen-bond acceptors (Lipinski definition) is 9. The van der Waals surface area contributed by atoms with E-state index < -0.39 is 16.9 Å². The molecule has 140 valence electrons. The standard InChI is InChI=1S/C17H15N3O6S/c1-25-15(21)10-13(17(22)26-2)19-11-5-7-12(8-6-11)27-16-14(20(23)24)4-3-9-18-16/h3-10,19H,1-2H3/b13-10+. The third kappa shape index (κ3) is 5.54. The van der Waals surface area contributed by atoms with E-state index in [1.807, 2.05) is 0 Å². The second kappa shape index (κ2) is 9.34. The Balaban J connectivity index is 2.17. The number of benzene rings is 1. The molecule has 0 saturated carbocycles. The molecule has 1 aromatic heterocycles. The van der Waals surface area contributed by atoms with E-state index in [1.54, 1.807) is 24.3 Å². The number of nitrogens with zero attached hydrogens (tertiary/aromatic N) is 2. The van der Waals surface area contributed by atoms with Crippen molar-refractivity contribution in [3.63, 3.8) is 0 Å². The third-order valence-electron chi connectivity index (χ3n) is 3.16. The highest BCUT2D eigenvalue weighted by Gasteiger charge is 2.16. The Labute approximate surface area is 158 Å². The van der Waals surface area contributed by atoms with Crippen LogP contribution in [0.5, 0.6) is 0 Å². The molecular weight excluding hydrogens is 374 g/mol. The van der Waals surface area contributed by atoms with Crippen molar-refractivity contribution < 1.29 is 24.0 Å². The molecule has 0 spiro atoms. The van der Waals surface area contributed by atoms with Crippen molar-refractivity contribution >= 4 is 35.1 Å². The van der Waals surface area contributed by atoms with Crippen LogP contribution in [-0.2, 0) is 19.1 Å². The average molecular weight is 389 g/mol. The fourth-order valence-electron chi connectivity index (χ4n) is 1.91. The molecule has 0 radical (unpaired) electrons. The molecule has 0 amide bonds. The predicted molar refractivity (Wildman–Crippen MR) is 97.2 cm³/mol. The molecule has 0 aliphatic carbocycles. The number of nitrogens with one attached hydrogen (secondary N) is 1. The van der Waals surface area contributed by atoms with E-state index in [9.17, 15) is 19.7 Å². The molecule has 0 atom stereocenters. The Hall–Kier alpha value is -3.40. The molecule has 27 heavy (non-hydrogen) atoms. The van der Waals surface area contributed by atoms with Gasteiger partial charge in [-0.2, -0.15) is 0 Å². The summed E-state index contributed by atoms with van der Waals surface area (Å²) in [6.07, 6.45) is 2.46. The zero-order valence-corrected chi connectivity index (χ0v) is 15.2. The number of aromatic nitrogens is 1. The summed E-state index contributed by atoms with van der Waals surface area (Å²) in [5.74, 6) is -1.44. The smallest absolute Gasteiger partial charge is 0.354 e. The van der Waals surface area contributed by atoms with Gasteiger partial charge in [0.1, 0.15) is 5.70 Å². The first kappa shape index (κ1) is 19.9. The molecule has 0 unspecified atom stereocenters. The van der Waals surface area contributed by atoms with Crippen molar-refractivity contribution in [2.75, 3.05) is 19.5 Å². The van der Waals surface area contributed by atoms with Crippen molar-refractivity contribution in [1.29, 1.82) is 0 Å². The van der Waals surface area contributed by atoms with Gasteiger partial charge in [0.25, 0.3) is 0 Å². The molecule has 9 nitrogen and oxygen atoms in total. The predicted octanol–water partition coefficient (Wildman–Crippen LogP) is 2.78. The van der Waals surface area contributed by atoms with E-state index in [1.165, 1.54) is 32.5 Å². The van der Waals surface area contributed by atoms with Gasteiger partial charge in [-0.1, -0.05) is 11.8 Å². The molecule has 2 aromatic rings. The number of ether oxygens (including phenoxy) is 2. The summed E-state index contributed by atoms with van der Waals surface area (Å²) in [7, 11) is 2.38. The summed E-state index contributed by atoms with van der Waals surface area (Å²) < 4.78 is 9.12. The SMILES string of the molecule is COC(=O)/C=C(/Nc1ccc(Sc2ncccc2[N+](=O)[O-])cc1)C(=O)OC. The van der Waals surface area contributed by atoms with E-state index in [4.69, 9.17) is 0 Å². The van der Waals surface area contributed by atoms with E-state index in [0.29, 0.717) is 10.6 Å². The molecule has 2 rings (SSSR count). The molecule has 1 heterocycles. The number of rotatable bonds is 7. The van der Waals surface area contributed by atoms with Crippen LogP contribution in [0.15, 0.2) is 64.3 Å². The van der Waals surface area contributed by atoms with Gasteiger partial charge in [-0.25, -0.2) is 14.6 Å². The minimum atomic E-state index is -0.733. The number of anilines is 1. The minimum Gasteiger partial charge on any atom is -0.466 e. The molecule has 1 aromatic carbocycles. The topological polar surface area (TPSA) is 121 Å². The zero-order chi connectivity index (χ0) is 19.8. The number of esters is 2. The number of nitro groups is 1. The summed E-state index contributed by atoms with van der Waals surface area (Å²) in [6, 6.07) is 9.55. The quantitative estimate of drug-likeness (QED) is 0.330. The van der Waals surface area contributed by atoms with Gasteiger partial charge in [-0.05, 0) is 30.3 Å². The number of carbonyl (C=O) groups excluding carboxylic acids is 2. The van der Waals surface area contributed by atoms with Gasteiger partial charge in [0.15, 0.2) is 5.03 Å². The highest BCUT2D eigenvalue weighted by Crippen LogP contribution is 2.33. The minimum absolute atomic E-state index is 0.0845. The van der Waals surface area contributed by atoms with Gasteiger partial charge >= 0.3 is 17.6 Å². The van der Waals surface area contributed by atoms with Crippen LogP contribution in [0.3, 0.4) is 0 Å². The van der Waals surface area contributed by atoms with Crippen LogP contribution in [-0.4, -0.2) is 36.1 Å². The van der Waals surface area contributed by atoms with Gasteiger partial charge in [0.05, 0.1) is 25.2 Å². The second-order valence-corrected chi connectivity index (χ2v) is 5.97. The van der Waals surface area contributed by atoms with Crippen molar-refractivity contribution in [2.45, 2.75) is 9.92 Å². The van der Waals surface area contributed by atoms with Crippen LogP contribution in [0.2, 0.25) is 0 Å². The highest BCUT2D eigenvalue weighted by molar-refractivity contribution is 7.99. The number of carbonyl (C=O) groups is 2. The van der Waals surface area contributed by atoms with Gasteiger partial charge < -0.3 is 14.8 Å². The Morgan fingerprint density at radius 3 is 2.48 bits per heavy atom. The van der Waals surface area contributed by atoms with Crippen LogP contribution in [0.4, 0.5) is 11.4 Å². The Morgan fingerprint density at radius 1 is 1.19 bits per heavy atom. The lowest BCUT2D eigenvalue weighted by molar-refractivity contribution is -0.388. The van der Waals surface area contributed by atoms with Gasteiger partial charge in [0, 0.05) is 22.8 Å². The first-order valence-electron chi connectivity index (χ1n) is 7.47. The number of pyridine rings is 1. The maximum absolute atomic E-state index is 11.7. The largest absolute Gasteiger partial charge is 0.466 e. The summed E-state index contributed by atoms with van der Waals surface area (Å²) in [4.78, 5) is 38.4. The van der Waals surface area contributed by atoms with Crippen molar-refractivity contribution in [1.82, 2.24) is 4.98 Å². The molecule has 0 bridgehead atoms. The van der Waals surface area contributed by atoms with E-state index in [2.05, 4.69) is 19.8 Å². The van der Waals surface area contributed by atoms with Crippen LogP contribution in [0, 0.1) is 10.1 Å². The lowest BCUT2D eigenvalue weighted by Crippen LogP contribution is -2.15. The first-order valence-corrected chi connectivity index (χ1v) is 8.28. The third-order valence-corrected chi connectivity index (χ3v) is 4.18. The number of hydrogen-bond donors (Lipinski definition) is 1. The van der Waals surface area contributed by atoms with Crippen LogP contribution >= 0.6 is 11.8 Å². The molecule has 0 fully saturated rings. The van der Waals surface area contributed by atoms with E-state index in [0.717, 1.165) is 17.8 Å². The molecule has 0 aliphatic rings. The van der Waals surface area contributed by atoms with Crippen molar-refractivity contribution in [2.24, 2.45) is 0 Å². The molecular formula is C17H15N3O6S. The normalized spacial score (nSPS) is 10.8. The van der Waals surface area contributed by atoms with Gasteiger partial charge in [-0.3, -0.25) is 10.1 Å². The lowest BCUT2D eigenvalue weighted by atomic mass is 10.3. The maximum atomic E-state index is 11.7. The fraction of sp³-hybridized carbons (Fsp3) is 0.118. The lowest BCUT2D eigenvalue weighted by Gasteiger charge is -2.09. The Kier molecular flexibility index (Phi) is 6.89. The van der Waals surface area contributed by atoms with E-state index >= 15 is 0 Å². The van der Waals surface area contributed by atoms with Gasteiger partial charge in [-0.15, -0.1) is 0 Å². The Bertz CT molecular complexity index is 882. The van der Waals surface area contributed by atoms with Crippen molar-refractivity contribution in [3.8, 4) is 0 Å². The van der Waals surface area contributed by atoms with Crippen LogP contribution < -0.4 is 5.32 Å². The van der Waals surface area contributed by atoms with E-state index in [-0.39, 0.29) is 16.4 Å². The molecule has 0 aliphatic heterocycles. The van der Waals surface area contributed by atoms with Crippen LogP contribution in [0.25, 0.3) is 0 Å². The van der Waals surface area contributed by atoms with Crippen LogP contribution in [0.1, 0.15) is 0 Å². The monoisotopic (exact) mass is 389 g/mol. The Morgan fingerprint density at radius 2 is 1.89 bits per heavy atom. The molecule has 1 N–H and O–H groups in total. The summed E-state index contributed by atoms with van der Waals surface area (Å²) >= 11 is 1.13. The number of methoxy groups -OCH3 is 2.